The van der Waals surface area contributed by atoms with Gasteiger partial charge in [-0.05, 0) is 92.2 Å². The van der Waals surface area contributed by atoms with E-state index in [1.807, 2.05) is 0 Å². The molecule has 1 amide bonds. The Hall–Kier alpha value is -2.94. The van der Waals surface area contributed by atoms with E-state index in [1.54, 1.807) is 48.5 Å². The number of carbonyl (C=O) groups is 1. The Labute approximate surface area is 203 Å². The van der Waals surface area contributed by atoms with Gasteiger partial charge in [-0.3, -0.25) is 14.4 Å². The first-order valence-corrected chi connectivity index (χ1v) is 12.8. The molecule has 1 saturated heterocycles. The highest BCUT2D eigenvalue weighted by Crippen LogP contribution is 2.23. The molecule has 2 N–H and O–H groups in total. The zero-order valence-corrected chi connectivity index (χ0v) is 19.9. The van der Waals surface area contributed by atoms with E-state index in [0.717, 1.165) is 38.0 Å². The summed E-state index contributed by atoms with van der Waals surface area (Å²) < 4.78 is 40.8. The van der Waals surface area contributed by atoms with Crippen LogP contribution in [0.5, 0.6) is 0 Å². The second-order valence-electron chi connectivity index (χ2n) is 8.30. The molecule has 0 atom stereocenters. The van der Waals surface area contributed by atoms with E-state index in [9.17, 15) is 17.6 Å². The molecule has 4 rings (SSSR count). The van der Waals surface area contributed by atoms with E-state index in [0.29, 0.717) is 16.4 Å². The van der Waals surface area contributed by atoms with E-state index in [2.05, 4.69) is 14.9 Å². The number of piperidine rings is 1. The molecule has 6 nitrogen and oxygen atoms in total. The van der Waals surface area contributed by atoms with Crippen molar-refractivity contribution in [3.05, 3.63) is 89.2 Å². The second kappa shape index (κ2) is 10.5. The van der Waals surface area contributed by atoms with Crippen LogP contribution in [0, 0.1) is 11.7 Å². The molecular formula is C25H25ClFN3O3S. The number of amides is 1. The first kappa shape index (κ1) is 24.2. The van der Waals surface area contributed by atoms with Gasteiger partial charge >= 0.3 is 0 Å². The molecule has 0 saturated carbocycles. The quantitative estimate of drug-likeness (QED) is 0.470. The number of carbonyl (C=O) groups excluding carboxylic acids is 1. The predicted octanol–water partition coefficient (Wildman–Crippen LogP) is 5.13. The highest BCUT2D eigenvalue weighted by atomic mass is 35.5. The van der Waals surface area contributed by atoms with Gasteiger partial charge in [0.25, 0.3) is 10.0 Å². The van der Waals surface area contributed by atoms with Crippen molar-refractivity contribution in [3.8, 4) is 0 Å². The van der Waals surface area contributed by atoms with Crippen LogP contribution in [0.2, 0.25) is 5.02 Å². The van der Waals surface area contributed by atoms with Crippen LogP contribution in [0.15, 0.2) is 77.7 Å². The average Bonchev–Trinajstić information content (AvgIpc) is 2.83. The zero-order valence-electron chi connectivity index (χ0n) is 18.4. The van der Waals surface area contributed by atoms with Crippen LogP contribution in [0.4, 0.5) is 15.8 Å². The van der Waals surface area contributed by atoms with Crippen molar-refractivity contribution >= 4 is 38.9 Å². The summed E-state index contributed by atoms with van der Waals surface area (Å²) in [5, 5.41) is 3.40. The molecule has 1 fully saturated rings. The van der Waals surface area contributed by atoms with Crippen molar-refractivity contribution in [1.29, 1.82) is 0 Å². The van der Waals surface area contributed by atoms with Crippen molar-refractivity contribution in [1.82, 2.24) is 4.90 Å². The van der Waals surface area contributed by atoms with Gasteiger partial charge in [0, 0.05) is 28.9 Å². The van der Waals surface area contributed by atoms with E-state index in [-0.39, 0.29) is 22.5 Å². The Morgan fingerprint density at radius 1 is 0.912 bits per heavy atom. The molecule has 0 spiro atoms. The van der Waals surface area contributed by atoms with Crippen LogP contribution in [-0.2, 0) is 21.4 Å². The van der Waals surface area contributed by atoms with E-state index in [1.165, 1.54) is 24.3 Å². The molecule has 9 heteroatoms. The molecule has 178 valence electrons. The number of benzene rings is 3. The molecule has 0 radical (unpaired) electrons. The van der Waals surface area contributed by atoms with Crippen LogP contribution in [0.1, 0.15) is 18.4 Å². The lowest BCUT2D eigenvalue weighted by atomic mass is 9.95. The van der Waals surface area contributed by atoms with E-state index < -0.39 is 10.0 Å². The number of nitrogens with one attached hydrogen (secondary N) is 2. The van der Waals surface area contributed by atoms with Crippen molar-refractivity contribution in [2.24, 2.45) is 5.92 Å². The lowest BCUT2D eigenvalue weighted by molar-refractivity contribution is -0.121. The topological polar surface area (TPSA) is 78.5 Å². The van der Waals surface area contributed by atoms with Crippen LogP contribution < -0.4 is 10.0 Å². The molecule has 0 aromatic heterocycles. The molecule has 34 heavy (non-hydrogen) atoms. The Bertz CT molecular complexity index is 1230. The van der Waals surface area contributed by atoms with Gasteiger partial charge in [0.2, 0.25) is 5.91 Å². The molecule has 3 aromatic rings. The van der Waals surface area contributed by atoms with Gasteiger partial charge in [0.1, 0.15) is 5.82 Å². The largest absolute Gasteiger partial charge is 0.326 e. The summed E-state index contributed by atoms with van der Waals surface area (Å²) in [7, 11) is -3.76. The number of nitrogens with zero attached hydrogens (tertiary/aromatic N) is 1. The van der Waals surface area contributed by atoms with Gasteiger partial charge in [-0.1, -0.05) is 23.7 Å². The molecule has 1 aliphatic rings. The molecule has 1 heterocycles. The minimum Gasteiger partial charge on any atom is -0.326 e. The Morgan fingerprint density at radius 2 is 1.50 bits per heavy atom. The fourth-order valence-electron chi connectivity index (χ4n) is 3.90. The SMILES string of the molecule is O=C(Nc1ccc(S(=O)(=O)Nc2ccc(Cl)cc2)cc1)C1CCN(Cc2ccc(F)cc2)CC1. The van der Waals surface area contributed by atoms with Crippen molar-refractivity contribution < 1.29 is 17.6 Å². The summed E-state index contributed by atoms with van der Waals surface area (Å²) in [4.78, 5) is 15.1. The summed E-state index contributed by atoms with van der Waals surface area (Å²) in [6.45, 7) is 2.29. The van der Waals surface area contributed by atoms with Gasteiger partial charge in [-0.25, -0.2) is 12.8 Å². The van der Waals surface area contributed by atoms with E-state index in [4.69, 9.17) is 11.6 Å². The maximum atomic E-state index is 13.1. The Kier molecular flexibility index (Phi) is 7.50. The van der Waals surface area contributed by atoms with Crippen LogP contribution in [0.3, 0.4) is 0 Å². The summed E-state index contributed by atoms with van der Waals surface area (Å²) in [6, 6.07) is 18.9. The zero-order chi connectivity index (χ0) is 24.1. The standard InChI is InChI=1S/C25H25ClFN3O3S/c26-20-3-7-23(8-4-20)29-34(32,33)24-11-9-22(10-12-24)28-25(31)19-13-15-30(16-14-19)17-18-1-5-21(27)6-2-18/h1-12,19,29H,13-17H2,(H,28,31). The number of halogens is 2. The number of hydrogen-bond acceptors (Lipinski definition) is 4. The number of sulfonamides is 1. The summed E-state index contributed by atoms with van der Waals surface area (Å²) in [6.07, 6.45) is 1.45. The van der Waals surface area contributed by atoms with Gasteiger partial charge in [0.05, 0.1) is 4.90 Å². The highest BCUT2D eigenvalue weighted by molar-refractivity contribution is 7.92. The number of rotatable bonds is 7. The first-order chi connectivity index (χ1) is 16.3. The fraction of sp³-hybridized carbons (Fsp3) is 0.240. The predicted molar refractivity (Wildman–Crippen MR) is 132 cm³/mol. The second-order valence-corrected chi connectivity index (χ2v) is 10.4. The van der Waals surface area contributed by atoms with Crippen LogP contribution in [0.25, 0.3) is 0 Å². The Morgan fingerprint density at radius 3 is 2.12 bits per heavy atom. The summed E-state index contributed by atoms with van der Waals surface area (Å²) in [5.74, 6) is -0.432. The molecule has 3 aromatic carbocycles. The summed E-state index contributed by atoms with van der Waals surface area (Å²) in [5.41, 5.74) is 2.00. The van der Waals surface area contributed by atoms with Gasteiger partial charge in [-0.15, -0.1) is 0 Å². The van der Waals surface area contributed by atoms with Crippen LogP contribution >= 0.6 is 11.6 Å². The molecule has 0 aliphatic carbocycles. The smallest absolute Gasteiger partial charge is 0.261 e. The lowest BCUT2D eigenvalue weighted by Gasteiger charge is -2.31. The third-order valence-electron chi connectivity index (χ3n) is 5.81. The van der Waals surface area contributed by atoms with Crippen LogP contribution in [-0.4, -0.2) is 32.3 Å². The third-order valence-corrected chi connectivity index (χ3v) is 7.46. The fourth-order valence-corrected chi connectivity index (χ4v) is 5.08. The minimum atomic E-state index is -3.76. The molecule has 0 unspecified atom stereocenters. The summed E-state index contributed by atoms with van der Waals surface area (Å²) >= 11 is 5.83. The minimum absolute atomic E-state index is 0.0728. The maximum Gasteiger partial charge on any atom is 0.261 e. The van der Waals surface area contributed by atoms with Gasteiger partial charge in [-0.2, -0.15) is 0 Å². The van der Waals surface area contributed by atoms with Crippen molar-refractivity contribution in [2.45, 2.75) is 24.3 Å². The number of hydrogen-bond donors (Lipinski definition) is 2. The average molecular weight is 502 g/mol. The highest BCUT2D eigenvalue weighted by Gasteiger charge is 2.25. The third kappa shape index (κ3) is 6.34. The lowest BCUT2D eigenvalue weighted by Crippen LogP contribution is -2.37. The molecule has 0 bridgehead atoms. The van der Waals surface area contributed by atoms with E-state index >= 15 is 0 Å². The van der Waals surface area contributed by atoms with Gasteiger partial charge < -0.3 is 5.32 Å². The number of anilines is 2. The van der Waals surface area contributed by atoms with Gasteiger partial charge in [0.15, 0.2) is 0 Å². The van der Waals surface area contributed by atoms with Crippen molar-refractivity contribution in [3.63, 3.8) is 0 Å². The van der Waals surface area contributed by atoms with Crippen molar-refractivity contribution in [2.75, 3.05) is 23.1 Å². The normalized spacial score (nSPS) is 15.1. The molecular weight excluding hydrogens is 477 g/mol. The maximum absolute atomic E-state index is 13.1. The monoisotopic (exact) mass is 501 g/mol. The first-order valence-electron chi connectivity index (χ1n) is 10.9. The molecule has 1 aliphatic heterocycles. The Balaban J connectivity index is 1.29. The number of likely N-dealkylation sites (tertiary alicyclic amines) is 1.